The summed E-state index contributed by atoms with van der Waals surface area (Å²) in [6.07, 6.45) is 1.93. The van der Waals surface area contributed by atoms with Crippen LogP contribution in [-0.2, 0) is 9.84 Å². The van der Waals surface area contributed by atoms with Crippen LogP contribution in [0.15, 0.2) is 24.4 Å². The van der Waals surface area contributed by atoms with Crippen LogP contribution in [0.4, 0.5) is 5.69 Å². The number of hydrogen-bond donors (Lipinski definition) is 1. The van der Waals surface area contributed by atoms with Crippen LogP contribution in [-0.4, -0.2) is 35.6 Å². The molecule has 2 heterocycles. The molecule has 1 atom stereocenters. The van der Waals surface area contributed by atoms with Crippen LogP contribution in [0.1, 0.15) is 28.5 Å². The molecule has 3 rings (SSSR count). The number of benzene rings is 1. The number of anilines is 1. The van der Waals surface area contributed by atoms with E-state index >= 15 is 0 Å². The highest BCUT2D eigenvalue weighted by Gasteiger charge is 2.31. The van der Waals surface area contributed by atoms with E-state index in [1.165, 1.54) is 6.20 Å². The van der Waals surface area contributed by atoms with Crippen molar-refractivity contribution in [2.24, 2.45) is 0 Å². The Morgan fingerprint density at radius 1 is 1.33 bits per heavy atom. The number of carbonyl (C=O) groups excluding carboxylic acids is 1. The van der Waals surface area contributed by atoms with Crippen molar-refractivity contribution in [3.8, 4) is 0 Å². The lowest BCUT2D eigenvalue weighted by atomic mass is 10.2. The summed E-state index contributed by atoms with van der Waals surface area (Å²) in [6.45, 7) is 1.74. The van der Waals surface area contributed by atoms with Crippen molar-refractivity contribution in [2.75, 3.05) is 16.8 Å². The number of amides is 1. The first-order chi connectivity index (χ1) is 11.3. The van der Waals surface area contributed by atoms with Crippen molar-refractivity contribution in [1.82, 2.24) is 9.78 Å². The first-order valence-corrected chi connectivity index (χ1v) is 9.86. The second-order valence-electron chi connectivity index (χ2n) is 5.70. The molecule has 1 aromatic heterocycles. The molecular weight excluding hydrogens is 373 g/mol. The fourth-order valence-electron chi connectivity index (χ4n) is 2.78. The number of hydrogen-bond acceptors (Lipinski definition) is 4. The zero-order valence-electron chi connectivity index (χ0n) is 12.8. The van der Waals surface area contributed by atoms with Gasteiger partial charge in [-0.25, -0.2) is 8.42 Å². The minimum absolute atomic E-state index is 0.0485. The Labute approximate surface area is 149 Å². The quantitative estimate of drug-likeness (QED) is 0.876. The van der Waals surface area contributed by atoms with Gasteiger partial charge in [0.05, 0.1) is 45.0 Å². The van der Waals surface area contributed by atoms with Gasteiger partial charge in [-0.2, -0.15) is 5.10 Å². The summed E-state index contributed by atoms with van der Waals surface area (Å²) in [4.78, 5) is 12.5. The second kappa shape index (κ2) is 6.38. The van der Waals surface area contributed by atoms with E-state index in [1.54, 1.807) is 29.8 Å². The Bertz CT molecular complexity index is 888. The van der Waals surface area contributed by atoms with Crippen molar-refractivity contribution in [3.05, 3.63) is 45.7 Å². The molecule has 1 amide bonds. The first-order valence-electron chi connectivity index (χ1n) is 7.28. The molecule has 1 N–H and O–H groups in total. The van der Waals surface area contributed by atoms with Gasteiger partial charge in [-0.05, 0) is 25.5 Å². The van der Waals surface area contributed by atoms with Crippen LogP contribution in [0.3, 0.4) is 0 Å². The number of rotatable bonds is 3. The number of nitrogens with one attached hydrogen (secondary N) is 1. The van der Waals surface area contributed by atoms with Crippen molar-refractivity contribution in [1.29, 1.82) is 0 Å². The molecule has 2 aromatic rings. The van der Waals surface area contributed by atoms with Gasteiger partial charge in [0.25, 0.3) is 5.91 Å². The predicted molar refractivity (Wildman–Crippen MR) is 93.7 cm³/mol. The SMILES string of the molecule is Cc1c(C(=O)Nc2c(Cl)cccc2Cl)cnn1C1CCS(=O)(=O)C1. The fourth-order valence-corrected chi connectivity index (χ4v) is 4.96. The summed E-state index contributed by atoms with van der Waals surface area (Å²) < 4.78 is 24.9. The lowest BCUT2D eigenvalue weighted by Gasteiger charge is -2.12. The lowest BCUT2D eigenvalue weighted by Crippen LogP contribution is -2.16. The van der Waals surface area contributed by atoms with E-state index in [0.29, 0.717) is 33.4 Å². The standard InChI is InChI=1S/C15H15Cl2N3O3S/c1-9-11(7-18-20(9)10-5-6-24(22,23)8-10)15(21)19-14-12(16)3-2-4-13(14)17/h2-4,7,10H,5-6,8H2,1H3,(H,19,21). The van der Waals surface area contributed by atoms with Gasteiger partial charge in [0.1, 0.15) is 0 Å². The molecule has 1 aliphatic heterocycles. The molecule has 6 nitrogen and oxygen atoms in total. The number of carbonyl (C=O) groups is 1. The largest absolute Gasteiger partial charge is 0.319 e. The van der Waals surface area contributed by atoms with Crippen LogP contribution in [0, 0.1) is 6.92 Å². The van der Waals surface area contributed by atoms with Gasteiger partial charge in [0, 0.05) is 5.69 Å². The third-order valence-electron chi connectivity index (χ3n) is 4.04. The zero-order chi connectivity index (χ0) is 17.5. The summed E-state index contributed by atoms with van der Waals surface area (Å²) in [5.74, 6) is -0.199. The molecule has 24 heavy (non-hydrogen) atoms. The van der Waals surface area contributed by atoms with Crippen molar-refractivity contribution >= 4 is 44.6 Å². The number of nitrogens with zero attached hydrogens (tertiary/aromatic N) is 2. The average Bonchev–Trinajstić information content (AvgIpc) is 3.05. The first kappa shape index (κ1) is 17.3. The second-order valence-corrected chi connectivity index (χ2v) is 8.74. The van der Waals surface area contributed by atoms with Crippen molar-refractivity contribution in [3.63, 3.8) is 0 Å². The molecule has 0 spiro atoms. The maximum absolute atomic E-state index is 12.5. The molecule has 1 aromatic carbocycles. The Kier molecular flexibility index (Phi) is 4.59. The molecule has 0 saturated carbocycles. The third kappa shape index (κ3) is 3.29. The summed E-state index contributed by atoms with van der Waals surface area (Å²) >= 11 is 12.1. The molecule has 1 fully saturated rings. The maximum Gasteiger partial charge on any atom is 0.259 e. The van der Waals surface area contributed by atoms with Gasteiger partial charge in [0.15, 0.2) is 9.84 Å². The maximum atomic E-state index is 12.5. The van der Waals surface area contributed by atoms with Gasteiger partial charge in [-0.15, -0.1) is 0 Å². The molecule has 9 heteroatoms. The minimum atomic E-state index is -3.03. The van der Waals surface area contributed by atoms with E-state index in [0.717, 1.165) is 0 Å². The molecular formula is C15H15Cl2N3O3S. The number of halogens is 2. The van der Waals surface area contributed by atoms with Crippen LogP contribution in [0.5, 0.6) is 0 Å². The van der Waals surface area contributed by atoms with E-state index < -0.39 is 15.7 Å². The zero-order valence-corrected chi connectivity index (χ0v) is 15.1. The molecule has 128 valence electrons. The molecule has 1 unspecified atom stereocenters. The molecule has 0 aliphatic carbocycles. The summed E-state index contributed by atoms with van der Waals surface area (Å²) in [6, 6.07) is 4.70. The topological polar surface area (TPSA) is 81.1 Å². The van der Waals surface area contributed by atoms with Crippen LogP contribution >= 0.6 is 23.2 Å². The van der Waals surface area contributed by atoms with Crippen molar-refractivity contribution in [2.45, 2.75) is 19.4 Å². The van der Waals surface area contributed by atoms with Gasteiger partial charge < -0.3 is 5.32 Å². The summed E-state index contributed by atoms with van der Waals surface area (Å²) in [5.41, 5.74) is 1.30. The fraction of sp³-hybridized carbons (Fsp3) is 0.333. The predicted octanol–water partition coefficient (Wildman–Crippen LogP) is 3.11. The Hall–Kier alpha value is -1.57. The third-order valence-corrected chi connectivity index (χ3v) is 6.43. The van der Waals surface area contributed by atoms with E-state index in [9.17, 15) is 13.2 Å². The average molecular weight is 388 g/mol. The molecule has 1 saturated heterocycles. The lowest BCUT2D eigenvalue weighted by molar-refractivity contribution is 0.102. The monoisotopic (exact) mass is 387 g/mol. The summed E-state index contributed by atoms with van der Waals surface area (Å²) in [7, 11) is -3.03. The van der Waals surface area contributed by atoms with Gasteiger partial charge >= 0.3 is 0 Å². The van der Waals surface area contributed by atoms with E-state index in [-0.39, 0.29) is 17.5 Å². The number of para-hydroxylation sites is 1. The highest BCUT2D eigenvalue weighted by atomic mass is 35.5. The molecule has 1 aliphatic rings. The van der Waals surface area contributed by atoms with Crippen LogP contribution < -0.4 is 5.32 Å². The number of sulfone groups is 1. The van der Waals surface area contributed by atoms with E-state index in [4.69, 9.17) is 23.2 Å². The van der Waals surface area contributed by atoms with E-state index in [2.05, 4.69) is 10.4 Å². The van der Waals surface area contributed by atoms with Gasteiger partial charge in [0.2, 0.25) is 0 Å². The summed E-state index contributed by atoms with van der Waals surface area (Å²) in [5, 5.41) is 7.55. The number of aromatic nitrogens is 2. The normalized spacial score (nSPS) is 19.4. The Morgan fingerprint density at radius 3 is 2.58 bits per heavy atom. The Morgan fingerprint density at radius 2 is 2.00 bits per heavy atom. The van der Waals surface area contributed by atoms with Crippen LogP contribution in [0.25, 0.3) is 0 Å². The highest BCUT2D eigenvalue weighted by molar-refractivity contribution is 7.91. The van der Waals surface area contributed by atoms with E-state index in [1.807, 2.05) is 0 Å². The van der Waals surface area contributed by atoms with Gasteiger partial charge in [-0.3, -0.25) is 9.48 Å². The van der Waals surface area contributed by atoms with Gasteiger partial charge in [-0.1, -0.05) is 29.3 Å². The molecule has 0 bridgehead atoms. The smallest absolute Gasteiger partial charge is 0.259 e. The highest BCUT2D eigenvalue weighted by Crippen LogP contribution is 2.31. The molecule has 0 radical (unpaired) electrons. The van der Waals surface area contributed by atoms with Crippen LogP contribution in [0.2, 0.25) is 10.0 Å². The van der Waals surface area contributed by atoms with Crippen molar-refractivity contribution < 1.29 is 13.2 Å². The minimum Gasteiger partial charge on any atom is -0.319 e. The Balaban J connectivity index is 1.85.